The van der Waals surface area contributed by atoms with Gasteiger partial charge in [0.25, 0.3) is 16.8 Å². The Morgan fingerprint density at radius 3 is 2.45 bits per heavy atom. The van der Waals surface area contributed by atoms with E-state index in [4.69, 9.17) is 9.47 Å². The second-order valence-corrected chi connectivity index (χ2v) is 9.03. The first-order valence-corrected chi connectivity index (χ1v) is 12.4. The lowest BCUT2D eigenvalue weighted by Gasteiger charge is -2.13. The number of para-hydroxylation sites is 1. The van der Waals surface area contributed by atoms with Gasteiger partial charge < -0.3 is 14.8 Å². The van der Waals surface area contributed by atoms with Crippen LogP contribution in [0.4, 0.5) is 16.2 Å². The van der Waals surface area contributed by atoms with Crippen molar-refractivity contribution in [1.29, 1.82) is 0 Å². The molecule has 3 aromatic rings. The van der Waals surface area contributed by atoms with E-state index in [1.807, 2.05) is 13.0 Å². The molecule has 10 nitrogen and oxygen atoms in total. The number of nitrogens with zero attached hydrogens (tertiary/aromatic N) is 2. The van der Waals surface area contributed by atoms with Gasteiger partial charge in [0.1, 0.15) is 13.2 Å². The average Bonchev–Trinajstić information content (AvgIpc) is 3.16. The summed E-state index contributed by atoms with van der Waals surface area (Å²) in [6.45, 7) is 1.96. The number of hydrogen-bond acceptors (Lipinski definition) is 8. The number of carbonyl (C=O) groups is 3. The monoisotopic (exact) mass is 533 g/mol. The van der Waals surface area contributed by atoms with Gasteiger partial charge in [-0.3, -0.25) is 29.4 Å². The van der Waals surface area contributed by atoms with Gasteiger partial charge in [-0.05, 0) is 72.3 Å². The van der Waals surface area contributed by atoms with Crippen LogP contribution in [0.3, 0.4) is 0 Å². The Labute approximate surface area is 222 Å². The predicted octanol–water partition coefficient (Wildman–Crippen LogP) is 5.25. The SMILES string of the molecule is CCOc1cc(/C=C2/SC(=O)N(CC(=O)Nc3ccccc3)C2=O)ccc1OCc1ccc([N+](=O)[O-])cc1. The van der Waals surface area contributed by atoms with Crippen LogP contribution in [-0.2, 0) is 16.2 Å². The van der Waals surface area contributed by atoms with Crippen LogP contribution in [0.5, 0.6) is 11.5 Å². The molecule has 3 amide bonds. The molecule has 1 aliphatic rings. The number of ether oxygens (including phenoxy) is 2. The molecule has 0 radical (unpaired) electrons. The van der Waals surface area contributed by atoms with Gasteiger partial charge in [-0.1, -0.05) is 24.3 Å². The number of thioether (sulfide) groups is 1. The zero-order valence-corrected chi connectivity index (χ0v) is 21.1. The summed E-state index contributed by atoms with van der Waals surface area (Å²) in [5.74, 6) is -0.148. The highest BCUT2D eigenvalue weighted by Gasteiger charge is 2.36. The quantitative estimate of drug-likeness (QED) is 0.213. The smallest absolute Gasteiger partial charge is 0.294 e. The molecule has 0 bridgehead atoms. The molecule has 1 fully saturated rings. The number of imide groups is 1. The average molecular weight is 534 g/mol. The number of carbonyl (C=O) groups excluding carboxylic acids is 3. The van der Waals surface area contributed by atoms with E-state index in [2.05, 4.69) is 5.32 Å². The van der Waals surface area contributed by atoms with Crippen LogP contribution < -0.4 is 14.8 Å². The molecule has 194 valence electrons. The van der Waals surface area contributed by atoms with Crippen LogP contribution in [-0.4, -0.2) is 40.0 Å². The fourth-order valence-electron chi connectivity index (χ4n) is 3.53. The number of non-ortho nitro benzene ring substituents is 1. The molecule has 1 N–H and O–H groups in total. The molecule has 1 saturated heterocycles. The third-order valence-electron chi connectivity index (χ3n) is 5.34. The zero-order chi connectivity index (χ0) is 27.1. The summed E-state index contributed by atoms with van der Waals surface area (Å²) in [6.07, 6.45) is 1.56. The number of hydrogen-bond donors (Lipinski definition) is 1. The fourth-order valence-corrected chi connectivity index (χ4v) is 4.37. The van der Waals surface area contributed by atoms with Crippen LogP contribution >= 0.6 is 11.8 Å². The van der Waals surface area contributed by atoms with Crippen molar-refractivity contribution in [2.45, 2.75) is 13.5 Å². The van der Waals surface area contributed by atoms with Crippen molar-refractivity contribution in [3.05, 3.63) is 98.9 Å². The lowest BCUT2D eigenvalue weighted by molar-refractivity contribution is -0.384. The Bertz CT molecular complexity index is 1390. The number of nitrogens with one attached hydrogen (secondary N) is 1. The van der Waals surface area contributed by atoms with Crippen molar-refractivity contribution >= 4 is 46.3 Å². The third kappa shape index (κ3) is 6.56. The van der Waals surface area contributed by atoms with Crippen molar-refractivity contribution in [2.75, 3.05) is 18.5 Å². The van der Waals surface area contributed by atoms with Crippen LogP contribution in [0.15, 0.2) is 77.7 Å². The Morgan fingerprint density at radius 1 is 1.03 bits per heavy atom. The second-order valence-electron chi connectivity index (χ2n) is 8.03. The van der Waals surface area contributed by atoms with Crippen molar-refractivity contribution in [3.8, 4) is 11.5 Å². The highest BCUT2D eigenvalue weighted by Crippen LogP contribution is 2.35. The van der Waals surface area contributed by atoms with Gasteiger partial charge in [0.05, 0.1) is 16.4 Å². The van der Waals surface area contributed by atoms with Gasteiger partial charge in [-0.2, -0.15) is 0 Å². The number of nitro groups is 1. The standard InChI is InChI=1S/C27H23N3O7S/c1-2-36-23-14-19(10-13-22(23)37-17-18-8-11-21(12-9-18)30(34)35)15-24-26(32)29(27(33)38-24)16-25(31)28-20-6-4-3-5-7-20/h3-15H,2,16-17H2,1H3,(H,28,31)/b24-15+. The van der Waals surface area contributed by atoms with E-state index in [-0.39, 0.29) is 17.2 Å². The zero-order valence-electron chi connectivity index (χ0n) is 20.3. The third-order valence-corrected chi connectivity index (χ3v) is 6.25. The largest absolute Gasteiger partial charge is 0.490 e. The minimum atomic E-state index is -0.556. The maximum absolute atomic E-state index is 12.8. The summed E-state index contributed by atoms with van der Waals surface area (Å²) in [6, 6.07) is 19.9. The van der Waals surface area contributed by atoms with E-state index in [0.29, 0.717) is 29.4 Å². The molecule has 38 heavy (non-hydrogen) atoms. The van der Waals surface area contributed by atoms with Crippen molar-refractivity contribution in [1.82, 2.24) is 4.90 Å². The summed E-state index contributed by atoms with van der Waals surface area (Å²) in [5, 5.41) is 13.0. The van der Waals surface area contributed by atoms with E-state index >= 15 is 0 Å². The highest BCUT2D eigenvalue weighted by atomic mass is 32.2. The molecule has 1 aliphatic heterocycles. The number of rotatable bonds is 10. The topological polar surface area (TPSA) is 128 Å². The van der Waals surface area contributed by atoms with Crippen molar-refractivity contribution < 1.29 is 28.8 Å². The van der Waals surface area contributed by atoms with E-state index < -0.39 is 28.5 Å². The molecule has 0 saturated carbocycles. The van der Waals surface area contributed by atoms with E-state index in [9.17, 15) is 24.5 Å². The number of anilines is 1. The molecule has 11 heteroatoms. The van der Waals surface area contributed by atoms with Gasteiger partial charge in [-0.15, -0.1) is 0 Å². The Hall–Kier alpha value is -4.64. The molecular formula is C27H23N3O7S. The minimum Gasteiger partial charge on any atom is -0.490 e. The summed E-state index contributed by atoms with van der Waals surface area (Å²) in [5.41, 5.74) is 1.91. The maximum Gasteiger partial charge on any atom is 0.294 e. The van der Waals surface area contributed by atoms with Gasteiger partial charge in [0, 0.05) is 17.8 Å². The highest BCUT2D eigenvalue weighted by molar-refractivity contribution is 8.18. The first-order valence-electron chi connectivity index (χ1n) is 11.6. The van der Waals surface area contributed by atoms with E-state index in [0.717, 1.165) is 22.2 Å². The Balaban J connectivity index is 1.43. The molecule has 0 spiro atoms. The Kier molecular flexibility index (Phi) is 8.39. The summed E-state index contributed by atoms with van der Waals surface area (Å²) in [4.78, 5) is 49.1. The maximum atomic E-state index is 12.8. The predicted molar refractivity (Wildman–Crippen MR) is 143 cm³/mol. The van der Waals surface area contributed by atoms with Crippen LogP contribution in [0.25, 0.3) is 6.08 Å². The van der Waals surface area contributed by atoms with Crippen molar-refractivity contribution in [2.24, 2.45) is 0 Å². The summed E-state index contributed by atoms with van der Waals surface area (Å²) < 4.78 is 11.5. The first-order chi connectivity index (χ1) is 18.3. The molecule has 3 aromatic carbocycles. The molecule has 4 rings (SSSR count). The Morgan fingerprint density at radius 2 is 1.76 bits per heavy atom. The lowest BCUT2D eigenvalue weighted by atomic mass is 10.1. The molecular weight excluding hydrogens is 510 g/mol. The van der Waals surface area contributed by atoms with Crippen molar-refractivity contribution in [3.63, 3.8) is 0 Å². The van der Waals surface area contributed by atoms with Gasteiger partial charge in [0.15, 0.2) is 11.5 Å². The van der Waals surface area contributed by atoms with Crippen LogP contribution in [0.2, 0.25) is 0 Å². The molecule has 0 atom stereocenters. The molecule has 0 unspecified atom stereocenters. The number of benzene rings is 3. The minimum absolute atomic E-state index is 0.00524. The summed E-state index contributed by atoms with van der Waals surface area (Å²) >= 11 is 0.758. The lowest BCUT2D eigenvalue weighted by Crippen LogP contribution is -2.36. The number of amides is 3. The summed E-state index contributed by atoms with van der Waals surface area (Å²) in [7, 11) is 0. The van der Waals surface area contributed by atoms with Crippen LogP contribution in [0.1, 0.15) is 18.1 Å². The van der Waals surface area contributed by atoms with Gasteiger partial charge in [0.2, 0.25) is 5.91 Å². The molecule has 0 aliphatic carbocycles. The van der Waals surface area contributed by atoms with Gasteiger partial charge >= 0.3 is 0 Å². The molecule has 1 heterocycles. The normalized spacial score (nSPS) is 14.0. The van der Waals surface area contributed by atoms with Crippen LogP contribution in [0, 0.1) is 10.1 Å². The fraction of sp³-hybridized carbons (Fsp3) is 0.148. The molecule has 0 aromatic heterocycles. The number of nitro benzene ring substituents is 1. The van der Waals surface area contributed by atoms with E-state index in [1.165, 1.54) is 12.1 Å². The van der Waals surface area contributed by atoms with Gasteiger partial charge in [-0.25, -0.2) is 0 Å². The first kappa shape index (κ1) is 26.4. The van der Waals surface area contributed by atoms with E-state index in [1.54, 1.807) is 60.7 Å². The second kappa shape index (κ2) is 12.1.